The minimum absolute atomic E-state index is 0.00111. The van der Waals surface area contributed by atoms with Crippen molar-refractivity contribution in [2.45, 2.75) is 212 Å². The molecule has 1 aromatic carbocycles. The zero-order chi connectivity index (χ0) is 64.2. The largest absolute Gasteiger partial charge is 0.457 e. The molecule has 12 atom stereocenters. The first-order valence-electron chi connectivity index (χ1n) is 30.9. The van der Waals surface area contributed by atoms with Crippen LogP contribution in [-0.2, 0) is 65.5 Å². The summed E-state index contributed by atoms with van der Waals surface area (Å²) in [4.78, 5) is 120. The van der Waals surface area contributed by atoms with Crippen LogP contribution in [0.15, 0.2) is 72.4 Å². The van der Waals surface area contributed by atoms with Gasteiger partial charge in [0, 0.05) is 94.7 Å². The number of ketones is 2. The number of hydrogen-bond acceptors (Lipinski definition) is 17. The van der Waals surface area contributed by atoms with E-state index in [2.05, 4.69) is 5.32 Å². The third-order valence-electron chi connectivity index (χ3n) is 16.9. The summed E-state index contributed by atoms with van der Waals surface area (Å²) in [6, 6.07) is 6.00. The van der Waals surface area contributed by atoms with Crippen molar-refractivity contribution in [1.29, 1.82) is 0 Å². The van der Waals surface area contributed by atoms with Gasteiger partial charge in [-0.05, 0) is 94.4 Å². The lowest BCUT2D eigenvalue weighted by Gasteiger charge is -2.37. The van der Waals surface area contributed by atoms with Crippen LogP contribution in [0.2, 0.25) is 0 Å². The van der Waals surface area contributed by atoms with Crippen molar-refractivity contribution >= 4 is 53.4 Å². The molecule has 0 saturated carbocycles. The third-order valence-corrected chi connectivity index (χ3v) is 16.9. The number of nitrogens with two attached hydrogens (primary N) is 1. The monoisotopic (exact) mass is 1220 g/mol. The van der Waals surface area contributed by atoms with Crippen LogP contribution >= 0.6 is 0 Å². The molecule has 22 nitrogen and oxygen atoms in total. The summed E-state index contributed by atoms with van der Waals surface area (Å²) < 4.78 is 23.3. The fourth-order valence-corrected chi connectivity index (χ4v) is 11.0. The number of Topliss-reactive ketones (excluding diaryl/α,β-unsaturated/α-hetero) is 2. The van der Waals surface area contributed by atoms with Gasteiger partial charge in [-0.1, -0.05) is 96.0 Å². The lowest BCUT2D eigenvalue weighted by Crippen LogP contribution is -2.52. The number of cyclic esters (lactones) is 1. The fourth-order valence-electron chi connectivity index (χ4n) is 11.0. The highest BCUT2D eigenvalue weighted by molar-refractivity contribution is 6.12. The minimum atomic E-state index is -1.67. The Morgan fingerprint density at radius 1 is 0.908 bits per heavy atom. The molecule has 22 heteroatoms. The highest BCUT2D eigenvalue weighted by Gasteiger charge is 2.47. The topological polar surface area (TPSA) is 323 Å². The van der Waals surface area contributed by atoms with E-state index in [0.29, 0.717) is 61.6 Å². The molecule has 7 N–H and O–H groups in total. The number of amides is 6. The Labute approximate surface area is 511 Å². The summed E-state index contributed by atoms with van der Waals surface area (Å²) in [6.45, 7) is 14.8. The Hall–Kier alpha value is -6.59. The molecule has 0 unspecified atom stereocenters. The van der Waals surface area contributed by atoms with Gasteiger partial charge in [-0.15, -0.1) is 0 Å². The second-order valence-electron chi connectivity index (χ2n) is 24.8. The first-order valence-corrected chi connectivity index (χ1v) is 30.9. The second kappa shape index (κ2) is 33.7. The van der Waals surface area contributed by atoms with Crippen LogP contribution in [0.1, 0.15) is 156 Å². The number of carbonyl (C=O) groups excluding carboxylic acids is 9. The number of unbranched alkanes of at least 4 members (excludes halogenated alkanes) is 3. The van der Waals surface area contributed by atoms with Gasteiger partial charge in [-0.25, -0.2) is 9.59 Å². The van der Waals surface area contributed by atoms with Crippen molar-refractivity contribution in [3.63, 3.8) is 0 Å². The summed E-state index contributed by atoms with van der Waals surface area (Å²) >= 11 is 0. The molecule has 0 aromatic heterocycles. The maximum Gasteiger partial charge on any atom is 0.410 e. The Morgan fingerprint density at radius 2 is 1.54 bits per heavy atom. The number of allylic oxidation sites excluding steroid dienone is 2. The fraction of sp³-hybridized carbons (Fsp3) is 0.646. The molecule has 0 aliphatic carbocycles. The summed E-state index contributed by atoms with van der Waals surface area (Å²) in [6.07, 6.45) is 9.05. The van der Waals surface area contributed by atoms with Crippen LogP contribution in [0.25, 0.3) is 0 Å². The van der Waals surface area contributed by atoms with E-state index in [1.807, 2.05) is 27.7 Å². The van der Waals surface area contributed by atoms with Crippen molar-refractivity contribution in [2.24, 2.45) is 29.4 Å². The van der Waals surface area contributed by atoms with Crippen LogP contribution < -0.4 is 11.1 Å². The SMILES string of the molecule is CC[C@H](O)[C@@H](C)[C@H]1O[C@@H]1C[C@@](C)(O)/C=C/C=C(\C)[C@H]1OC(=O)C[C@H](O)CC[C@@](C)(O)[C@@H](OC(=O)N2CCN(C(=O)OCc3ccc(CC(=O)[C@H](CCCCC(N)=O)NC(=O)[C@@H](CC(=O)CCCCCN4C(=O)C=CC4=O)C(C)C)cc3)CC2)/C=C/[C@@H]1C. The van der Waals surface area contributed by atoms with Crippen LogP contribution in [0.5, 0.6) is 0 Å². The highest BCUT2D eigenvalue weighted by atomic mass is 16.6. The van der Waals surface area contributed by atoms with Gasteiger partial charge in [0.1, 0.15) is 24.1 Å². The van der Waals surface area contributed by atoms with Gasteiger partial charge in [-0.3, -0.25) is 38.5 Å². The van der Waals surface area contributed by atoms with Gasteiger partial charge < -0.3 is 60.2 Å². The normalized spacial score (nSPS) is 25.4. The van der Waals surface area contributed by atoms with E-state index in [4.69, 9.17) is 24.7 Å². The number of aliphatic hydroxyl groups excluding tert-OH is 2. The van der Waals surface area contributed by atoms with Crippen LogP contribution in [0, 0.1) is 23.7 Å². The second-order valence-corrected chi connectivity index (χ2v) is 24.8. The molecule has 482 valence electrons. The molecule has 0 spiro atoms. The molecule has 2 fully saturated rings. The van der Waals surface area contributed by atoms with E-state index in [9.17, 15) is 63.6 Å². The number of rotatable bonds is 30. The Bertz CT molecular complexity index is 2640. The molecule has 87 heavy (non-hydrogen) atoms. The predicted octanol–water partition coefficient (Wildman–Crippen LogP) is 6.02. The maximum atomic E-state index is 13.9. The van der Waals surface area contributed by atoms with Crippen molar-refractivity contribution in [3.8, 4) is 0 Å². The van der Waals surface area contributed by atoms with Crippen molar-refractivity contribution in [1.82, 2.24) is 20.0 Å². The molecule has 6 amide bonds. The molecule has 4 aliphatic rings. The smallest absolute Gasteiger partial charge is 0.410 e. The number of primary amides is 1. The minimum Gasteiger partial charge on any atom is -0.457 e. The predicted molar refractivity (Wildman–Crippen MR) is 322 cm³/mol. The number of carbonyl (C=O) groups is 9. The number of benzene rings is 1. The maximum absolute atomic E-state index is 13.9. The quantitative estimate of drug-likeness (QED) is 0.00975. The molecule has 2 saturated heterocycles. The zero-order valence-electron chi connectivity index (χ0n) is 52.1. The third kappa shape index (κ3) is 23.1. The van der Waals surface area contributed by atoms with Crippen molar-refractivity contribution < 1.29 is 82.5 Å². The van der Waals surface area contributed by atoms with E-state index in [1.165, 1.54) is 28.9 Å². The molecule has 0 radical (unpaired) electrons. The van der Waals surface area contributed by atoms with Crippen molar-refractivity contribution in [2.75, 3.05) is 32.7 Å². The number of aliphatic hydroxyl groups is 4. The number of nitrogens with zero attached hydrogens (tertiary/aromatic N) is 3. The molecule has 1 aromatic rings. The van der Waals surface area contributed by atoms with Gasteiger partial charge in [-0.2, -0.15) is 0 Å². The summed E-state index contributed by atoms with van der Waals surface area (Å²) in [5.41, 5.74) is 4.35. The highest BCUT2D eigenvalue weighted by Crippen LogP contribution is 2.38. The molecule has 5 rings (SSSR count). The van der Waals surface area contributed by atoms with E-state index < -0.39 is 83.5 Å². The van der Waals surface area contributed by atoms with E-state index >= 15 is 0 Å². The van der Waals surface area contributed by atoms with Crippen LogP contribution in [0.3, 0.4) is 0 Å². The first-order chi connectivity index (χ1) is 41.1. The summed E-state index contributed by atoms with van der Waals surface area (Å²) in [5.74, 6) is -4.10. The van der Waals surface area contributed by atoms with E-state index in [-0.39, 0.29) is 138 Å². The average molecular weight is 1220 g/mol. The van der Waals surface area contributed by atoms with E-state index in [1.54, 1.807) is 75.4 Å². The van der Waals surface area contributed by atoms with Crippen molar-refractivity contribution in [3.05, 3.63) is 83.5 Å². The number of esters is 1. The van der Waals surface area contributed by atoms with Gasteiger partial charge in [0.2, 0.25) is 11.8 Å². The first kappa shape index (κ1) is 71.2. The number of hydrogen-bond donors (Lipinski definition) is 6. The summed E-state index contributed by atoms with van der Waals surface area (Å²) in [7, 11) is 0. The molecule has 4 heterocycles. The van der Waals surface area contributed by atoms with Gasteiger partial charge in [0.05, 0.1) is 42.5 Å². The van der Waals surface area contributed by atoms with Gasteiger partial charge in [0.25, 0.3) is 11.8 Å². The standard InChI is InChI=1S/C65H95N5O17/c1-9-51(73)44(6)60-53(85-60)39-64(7,82)29-15-16-42(4)59-43(5)20-25-54(65(8,83)30-28-48(72)38-58(78)87-59)86-63(81)69-34-32-68(33-35-69)62(80)84-40-46-23-21-45(22-24-46)36-52(74)50(18-12-13-19-55(66)75)67-61(79)49(41(2)3)37-47(71)17-11-10-14-31-70-56(76)26-27-57(70)77/h15-16,20-27,29,41,43-44,48-51,53-54,59-60,72-73,82-83H,9-14,17-19,28,30-40H2,1-8H3,(H2,66,75)(H,67,79)/b25-20+,29-15+,42-16+/t43-,44+,48+,49-,50-,51-,53+,54-,59+,60+,64-,65+/m0/s1. The number of ether oxygens (including phenoxy) is 4. The number of nitrogens with one attached hydrogen (secondary N) is 1. The van der Waals surface area contributed by atoms with E-state index in [0.717, 1.165) is 4.90 Å². The molecular weight excluding hydrogens is 1120 g/mol. The van der Waals surface area contributed by atoms with Gasteiger partial charge in [0.15, 0.2) is 11.9 Å². The number of piperazine rings is 1. The van der Waals surface area contributed by atoms with Gasteiger partial charge >= 0.3 is 18.2 Å². The molecule has 4 aliphatic heterocycles. The Balaban J connectivity index is 1.11. The number of imide groups is 1. The lowest BCUT2D eigenvalue weighted by atomic mass is 9.88. The lowest BCUT2D eigenvalue weighted by molar-refractivity contribution is -0.151. The molecule has 0 bridgehead atoms. The number of epoxide rings is 1. The zero-order valence-corrected chi connectivity index (χ0v) is 52.1. The molecular formula is C65H95N5O17. The Morgan fingerprint density at radius 3 is 2.17 bits per heavy atom. The van der Waals surface area contributed by atoms with Crippen LogP contribution in [-0.4, -0.2) is 175 Å². The summed E-state index contributed by atoms with van der Waals surface area (Å²) in [5, 5.41) is 46.8. The average Bonchev–Trinajstić information content (AvgIpc) is 1.86. The van der Waals surface area contributed by atoms with Crippen LogP contribution in [0.4, 0.5) is 9.59 Å². The Kier molecular flexibility index (Phi) is 27.5.